The predicted octanol–water partition coefficient (Wildman–Crippen LogP) is 3.81. The fourth-order valence-corrected chi connectivity index (χ4v) is 3.89. The lowest BCUT2D eigenvalue weighted by Gasteiger charge is -2.16. The minimum atomic E-state index is -0.478. The summed E-state index contributed by atoms with van der Waals surface area (Å²) in [5.74, 6) is -0.0901. The third-order valence-corrected chi connectivity index (χ3v) is 5.50. The highest BCUT2D eigenvalue weighted by molar-refractivity contribution is 8.00. The van der Waals surface area contributed by atoms with E-state index >= 15 is 0 Å². The van der Waals surface area contributed by atoms with Crippen molar-refractivity contribution in [2.24, 2.45) is 0 Å². The molecule has 1 atom stereocenters. The highest BCUT2D eigenvalue weighted by Gasteiger charge is 2.25. The molecule has 0 radical (unpaired) electrons. The largest absolute Gasteiger partial charge is 0.351 e. The van der Waals surface area contributed by atoms with Crippen LogP contribution in [0.2, 0.25) is 0 Å². The third kappa shape index (κ3) is 4.70. The van der Waals surface area contributed by atoms with E-state index in [1.807, 2.05) is 91.0 Å². The Balaban J connectivity index is 1.57. The van der Waals surface area contributed by atoms with Crippen LogP contribution in [-0.4, -0.2) is 26.1 Å². The number of nitrogens with zero attached hydrogens (tertiary/aromatic N) is 4. The Bertz CT molecular complexity index is 1050. The molecule has 0 fully saturated rings. The number of benzene rings is 3. The second kappa shape index (κ2) is 9.16. The van der Waals surface area contributed by atoms with E-state index in [0.29, 0.717) is 11.7 Å². The van der Waals surface area contributed by atoms with Crippen LogP contribution >= 0.6 is 11.8 Å². The molecule has 6 nitrogen and oxygen atoms in total. The number of aromatic nitrogens is 4. The number of amides is 1. The first kappa shape index (κ1) is 18.9. The van der Waals surface area contributed by atoms with E-state index in [2.05, 4.69) is 20.8 Å². The summed E-state index contributed by atoms with van der Waals surface area (Å²) in [5, 5.41) is 15.1. The van der Waals surface area contributed by atoms with Gasteiger partial charge < -0.3 is 5.32 Å². The van der Waals surface area contributed by atoms with E-state index in [1.165, 1.54) is 11.8 Å². The molecule has 144 valence electrons. The number of rotatable bonds is 7. The van der Waals surface area contributed by atoms with Crippen LogP contribution in [0.15, 0.2) is 96.2 Å². The molecule has 3 aromatic carbocycles. The minimum Gasteiger partial charge on any atom is -0.351 e. The summed E-state index contributed by atoms with van der Waals surface area (Å²) in [7, 11) is 0. The summed E-state index contributed by atoms with van der Waals surface area (Å²) in [6.07, 6.45) is 0. The standard InChI is InChI=1S/C22H19N5OS/c28-21(23-16-17-10-4-1-5-11-17)20(18-12-6-2-7-13-18)29-22-24-25-26-27(22)19-14-8-3-9-15-19/h1-15,20H,16H2,(H,23,28). The number of thioether (sulfide) groups is 1. The highest BCUT2D eigenvalue weighted by Crippen LogP contribution is 2.34. The van der Waals surface area contributed by atoms with E-state index in [9.17, 15) is 4.79 Å². The van der Waals surface area contributed by atoms with Crippen LogP contribution in [0.3, 0.4) is 0 Å². The first-order chi connectivity index (χ1) is 14.3. The van der Waals surface area contributed by atoms with Gasteiger partial charge in [-0.15, -0.1) is 5.10 Å². The average molecular weight is 401 g/mol. The molecule has 29 heavy (non-hydrogen) atoms. The Hall–Kier alpha value is -3.45. The van der Waals surface area contributed by atoms with Gasteiger partial charge in [-0.3, -0.25) is 4.79 Å². The monoisotopic (exact) mass is 401 g/mol. The van der Waals surface area contributed by atoms with Gasteiger partial charge in [0.15, 0.2) is 0 Å². The number of carbonyl (C=O) groups excluding carboxylic acids is 1. The molecule has 0 saturated carbocycles. The molecular weight excluding hydrogens is 382 g/mol. The SMILES string of the molecule is O=C(NCc1ccccc1)C(Sc1nnnn1-c1ccccc1)c1ccccc1. The normalized spacial score (nSPS) is 11.7. The van der Waals surface area contributed by atoms with E-state index in [-0.39, 0.29) is 5.91 Å². The van der Waals surface area contributed by atoms with Crippen LogP contribution in [0.1, 0.15) is 16.4 Å². The number of hydrogen-bond acceptors (Lipinski definition) is 5. The Morgan fingerprint density at radius 3 is 2.21 bits per heavy atom. The van der Waals surface area contributed by atoms with Crippen molar-refractivity contribution in [2.75, 3.05) is 0 Å². The van der Waals surface area contributed by atoms with Crippen LogP contribution < -0.4 is 5.32 Å². The predicted molar refractivity (Wildman–Crippen MR) is 112 cm³/mol. The maximum Gasteiger partial charge on any atom is 0.238 e. The van der Waals surface area contributed by atoms with Gasteiger partial charge in [-0.05, 0) is 33.7 Å². The quantitative estimate of drug-likeness (QED) is 0.477. The van der Waals surface area contributed by atoms with Crippen molar-refractivity contribution in [2.45, 2.75) is 17.0 Å². The van der Waals surface area contributed by atoms with Crippen LogP contribution in [0.4, 0.5) is 0 Å². The molecule has 1 aromatic heterocycles. The Labute approximate surface area is 173 Å². The molecule has 1 unspecified atom stereocenters. The van der Waals surface area contributed by atoms with Crippen molar-refractivity contribution in [3.8, 4) is 5.69 Å². The van der Waals surface area contributed by atoms with Gasteiger partial charge in [0.1, 0.15) is 5.25 Å². The summed E-state index contributed by atoms with van der Waals surface area (Å²) < 4.78 is 1.64. The lowest BCUT2D eigenvalue weighted by Crippen LogP contribution is -2.27. The van der Waals surface area contributed by atoms with Gasteiger partial charge in [-0.25, -0.2) is 0 Å². The maximum absolute atomic E-state index is 13.1. The highest BCUT2D eigenvalue weighted by atomic mass is 32.2. The first-order valence-corrected chi connectivity index (χ1v) is 10.1. The smallest absolute Gasteiger partial charge is 0.238 e. The molecule has 1 N–H and O–H groups in total. The van der Waals surface area contributed by atoms with Gasteiger partial charge in [-0.1, -0.05) is 90.6 Å². The molecule has 4 rings (SSSR count). The first-order valence-electron chi connectivity index (χ1n) is 9.18. The minimum absolute atomic E-state index is 0.0901. The molecule has 0 saturated heterocycles. The van der Waals surface area contributed by atoms with Crippen LogP contribution in [0.25, 0.3) is 5.69 Å². The van der Waals surface area contributed by atoms with Crippen molar-refractivity contribution in [1.82, 2.24) is 25.5 Å². The molecule has 0 spiro atoms. The van der Waals surface area contributed by atoms with Crippen LogP contribution in [-0.2, 0) is 11.3 Å². The molecule has 7 heteroatoms. The molecule has 4 aromatic rings. The van der Waals surface area contributed by atoms with Crippen molar-refractivity contribution in [3.05, 3.63) is 102 Å². The zero-order chi connectivity index (χ0) is 19.9. The summed E-state index contributed by atoms with van der Waals surface area (Å²) in [5.41, 5.74) is 2.79. The molecule has 1 amide bonds. The van der Waals surface area contributed by atoms with Gasteiger partial charge in [0.25, 0.3) is 0 Å². The summed E-state index contributed by atoms with van der Waals surface area (Å²) in [6, 6.07) is 29.1. The molecule has 0 aliphatic rings. The van der Waals surface area contributed by atoms with Gasteiger partial charge in [-0.2, -0.15) is 4.68 Å². The van der Waals surface area contributed by atoms with Crippen LogP contribution in [0.5, 0.6) is 0 Å². The second-order valence-electron chi connectivity index (χ2n) is 6.32. The molecule has 1 heterocycles. The van der Waals surface area contributed by atoms with Crippen LogP contribution in [0, 0.1) is 0 Å². The fraction of sp³-hybridized carbons (Fsp3) is 0.0909. The van der Waals surface area contributed by atoms with Crippen molar-refractivity contribution < 1.29 is 4.79 Å². The maximum atomic E-state index is 13.1. The number of nitrogens with one attached hydrogen (secondary N) is 1. The lowest BCUT2D eigenvalue weighted by molar-refractivity contribution is -0.120. The molecular formula is C22H19N5OS. The van der Waals surface area contributed by atoms with E-state index < -0.39 is 5.25 Å². The second-order valence-corrected chi connectivity index (χ2v) is 7.39. The number of tetrazole rings is 1. The fourth-order valence-electron chi connectivity index (χ4n) is 2.87. The van der Waals surface area contributed by atoms with Gasteiger partial charge >= 0.3 is 0 Å². The summed E-state index contributed by atoms with van der Waals surface area (Å²) in [6.45, 7) is 0.465. The average Bonchev–Trinajstić information content (AvgIpc) is 3.26. The van der Waals surface area contributed by atoms with E-state index in [0.717, 1.165) is 16.8 Å². The molecule has 0 aliphatic heterocycles. The number of hydrogen-bond donors (Lipinski definition) is 1. The third-order valence-electron chi connectivity index (χ3n) is 4.31. The van der Waals surface area contributed by atoms with Gasteiger partial charge in [0.05, 0.1) is 5.69 Å². The van der Waals surface area contributed by atoms with E-state index in [4.69, 9.17) is 0 Å². The van der Waals surface area contributed by atoms with Crippen molar-refractivity contribution in [3.63, 3.8) is 0 Å². The topological polar surface area (TPSA) is 72.7 Å². The number of carbonyl (C=O) groups is 1. The van der Waals surface area contributed by atoms with Crippen molar-refractivity contribution in [1.29, 1.82) is 0 Å². The lowest BCUT2D eigenvalue weighted by atomic mass is 10.1. The van der Waals surface area contributed by atoms with Crippen molar-refractivity contribution >= 4 is 17.7 Å². The molecule has 0 bridgehead atoms. The Morgan fingerprint density at radius 1 is 0.897 bits per heavy atom. The zero-order valence-corrected chi connectivity index (χ0v) is 16.4. The summed E-state index contributed by atoms with van der Waals surface area (Å²) in [4.78, 5) is 13.1. The van der Waals surface area contributed by atoms with E-state index in [1.54, 1.807) is 4.68 Å². The Morgan fingerprint density at radius 2 is 1.52 bits per heavy atom. The molecule has 0 aliphatic carbocycles. The Kier molecular flexibility index (Phi) is 5.97. The van der Waals surface area contributed by atoms with Gasteiger partial charge in [0, 0.05) is 6.54 Å². The van der Waals surface area contributed by atoms with Gasteiger partial charge in [0.2, 0.25) is 11.1 Å². The summed E-state index contributed by atoms with van der Waals surface area (Å²) >= 11 is 1.33. The zero-order valence-electron chi connectivity index (χ0n) is 15.6. The number of para-hydroxylation sites is 1.